The first kappa shape index (κ1) is 12.4. The Morgan fingerprint density at radius 3 is 1.45 bits per heavy atom. The van der Waals surface area contributed by atoms with Crippen LogP contribution in [0.25, 0.3) is 0 Å². The SMILES string of the molecule is C=CC(O)=C(C=C)C=C.CC. The Balaban J connectivity index is 0. The fraction of sp³-hybridized carbons (Fsp3) is 0.200. The second kappa shape index (κ2) is 8.76. The van der Waals surface area contributed by atoms with Gasteiger partial charge in [0.2, 0.25) is 0 Å². The maximum Gasteiger partial charge on any atom is 0.122 e. The van der Waals surface area contributed by atoms with Gasteiger partial charge in [0.1, 0.15) is 5.76 Å². The predicted molar refractivity (Wildman–Crippen MR) is 51.6 cm³/mol. The van der Waals surface area contributed by atoms with Crippen molar-refractivity contribution in [3.63, 3.8) is 0 Å². The minimum Gasteiger partial charge on any atom is -0.507 e. The van der Waals surface area contributed by atoms with Crippen LogP contribution in [0, 0.1) is 0 Å². The Morgan fingerprint density at radius 2 is 1.36 bits per heavy atom. The Morgan fingerprint density at radius 1 is 1.00 bits per heavy atom. The van der Waals surface area contributed by atoms with Gasteiger partial charge in [0.05, 0.1) is 0 Å². The number of allylic oxidation sites excluding steroid dienone is 4. The van der Waals surface area contributed by atoms with Gasteiger partial charge in [-0.05, 0) is 6.08 Å². The van der Waals surface area contributed by atoms with Crippen LogP contribution in [0.2, 0.25) is 0 Å². The average molecular weight is 152 g/mol. The molecule has 0 unspecified atom stereocenters. The summed E-state index contributed by atoms with van der Waals surface area (Å²) in [5.41, 5.74) is 0.602. The maximum absolute atomic E-state index is 8.94. The highest BCUT2D eigenvalue weighted by Gasteiger charge is 1.88. The summed E-state index contributed by atoms with van der Waals surface area (Å²) in [7, 11) is 0. The van der Waals surface area contributed by atoms with Gasteiger partial charge in [-0.3, -0.25) is 0 Å². The van der Waals surface area contributed by atoms with E-state index >= 15 is 0 Å². The molecule has 0 heterocycles. The summed E-state index contributed by atoms with van der Waals surface area (Å²) >= 11 is 0. The molecule has 0 atom stereocenters. The maximum atomic E-state index is 8.94. The summed E-state index contributed by atoms with van der Waals surface area (Å²) in [4.78, 5) is 0. The van der Waals surface area contributed by atoms with Crippen molar-refractivity contribution in [3.05, 3.63) is 49.3 Å². The van der Waals surface area contributed by atoms with Gasteiger partial charge in [-0.15, -0.1) is 0 Å². The molecule has 0 aromatic heterocycles. The smallest absolute Gasteiger partial charge is 0.122 e. The molecule has 0 aliphatic heterocycles. The summed E-state index contributed by atoms with van der Waals surface area (Å²) in [5, 5.41) is 8.94. The molecule has 11 heavy (non-hydrogen) atoms. The molecule has 0 aromatic rings. The van der Waals surface area contributed by atoms with Crippen molar-refractivity contribution in [1.82, 2.24) is 0 Å². The van der Waals surface area contributed by atoms with Crippen LogP contribution in [0.15, 0.2) is 49.3 Å². The van der Waals surface area contributed by atoms with Crippen molar-refractivity contribution >= 4 is 0 Å². The van der Waals surface area contributed by atoms with E-state index < -0.39 is 0 Å². The van der Waals surface area contributed by atoms with Crippen LogP contribution >= 0.6 is 0 Å². The number of aliphatic hydroxyl groups is 1. The molecule has 0 aliphatic carbocycles. The van der Waals surface area contributed by atoms with E-state index in [1.54, 1.807) is 0 Å². The standard InChI is InChI=1S/C8H10O.C2H6/c1-4-7(5-2)8(9)6-3;1-2/h4-6,9H,1-3H2;1-2H3. The molecule has 0 rings (SSSR count). The number of rotatable bonds is 3. The van der Waals surface area contributed by atoms with Gasteiger partial charge in [-0.1, -0.05) is 45.7 Å². The van der Waals surface area contributed by atoms with Gasteiger partial charge in [0.15, 0.2) is 0 Å². The van der Waals surface area contributed by atoms with Crippen molar-refractivity contribution in [2.45, 2.75) is 13.8 Å². The fourth-order valence-electron chi connectivity index (χ4n) is 0.410. The molecule has 0 saturated carbocycles. The van der Waals surface area contributed by atoms with Gasteiger partial charge in [-0.2, -0.15) is 0 Å². The van der Waals surface area contributed by atoms with Crippen molar-refractivity contribution in [2.75, 3.05) is 0 Å². The van der Waals surface area contributed by atoms with Crippen LogP contribution in [0.4, 0.5) is 0 Å². The van der Waals surface area contributed by atoms with E-state index in [0.29, 0.717) is 5.57 Å². The first-order chi connectivity index (χ1) is 5.26. The molecular weight excluding hydrogens is 136 g/mol. The van der Waals surface area contributed by atoms with Crippen LogP contribution < -0.4 is 0 Å². The van der Waals surface area contributed by atoms with Gasteiger partial charge < -0.3 is 5.11 Å². The molecule has 1 nitrogen and oxygen atoms in total. The molecule has 0 radical (unpaired) electrons. The lowest BCUT2D eigenvalue weighted by molar-refractivity contribution is 0.429. The third kappa shape index (κ3) is 5.22. The van der Waals surface area contributed by atoms with E-state index in [4.69, 9.17) is 5.11 Å². The summed E-state index contributed by atoms with van der Waals surface area (Å²) in [6.45, 7) is 14.3. The molecule has 0 fully saturated rings. The quantitative estimate of drug-likeness (QED) is 0.485. The number of hydrogen-bond donors (Lipinski definition) is 1. The second-order valence-corrected chi connectivity index (χ2v) is 1.45. The monoisotopic (exact) mass is 152 g/mol. The van der Waals surface area contributed by atoms with Crippen molar-refractivity contribution in [1.29, 1.82) is 0 Å². The average Bonchev–Trinajstić information content (AvgIpc) is 2.10. The summed E-state index contributed by atoms with van der Waals surface area (Å²) in [5.74, 6) is 0.111. The highest BCUT2D eigenvalue weighted by Crippen LogP contribution is 2.03. The molecule has 1 N–H and O–H groups in total. The van der Waals surface area contributed by atoms with E-state index in [-0.39, 0.29) is 5.76 Å². The predicted octanol–water partition coefficient (Wildman–Crippen LogP) is 3.38. The lowest BCUT2D eigenvalue weighted by atomic mass is 10.2. The van der Waals surface area contributed by atoms with Crippen molar-refractivity contribution in [2.24, 2.45) is 0 Å². The van der Waals surface area contributed by atoms with Crippen LogP contribution in [-0.4, -0.2) is 5.11 Å². The van der Waals surface area contributed by atoms with Gasteiger partial charge in [-0.25, -0.2) is 0 Å². The second-order valence-electron chi connectivity index (χ2n) is 1.45. The highest BCUT2D eigenvalue weighted by molar-refractivity contribution is 5.34. The summed E-state index contributed by atoms with van der Waals surface area (Å²) < 4.78 is 0. The zero-order valence-corrected chi connectivity index (χ0v) is 7.30. The van der Waals surface area contributed by atoms with Crippen molar-refractivity contribution < 1.29 is 5.11 Å². The molecule has 0 saturated heterocycles. The topological polar surface area (TPSA) is 20.2 Å². The molecule has 0 aliphatic rings. The Bertz CT molecular complexity index is 154. The molecule has 0 amide bonds. The van der Waals surface area contributed by atoms with Gasteiger partial charge >= 0.3 is 0 Å². The lowest BCUT2D eigenvalue weighted by Gasteiger charge is -1.93. The normalized spacial score (nSPS) is 6.73. The minimum atomic E-state index is 0.111. The Labute approximate surface area is 69.1 Å². The molecule has 62 valence electrons. The minimum absolute atomic E-state index is 0.111. The molecule has 0 aromatic carbocycles. The van der Waals surface area contributed by atoms with E-state index in [1.165, 1.54) is 18.2 Å². The van der Waals surface area contributed by atoms with Crippen molar-refractivity contribution in [3.8, 4) is 0 Å². The molecule has 0 spiro atoms. The van der Waals surface area contributed by atoms with Gasteiger partial charge in [0, 0.05) is 5.57 Å². The third-order valence-corrected chi connectivity index (χ3v) is 0.929. The Hall–Kier alpha value is -1.24. The number of aliphatic hydroxyl groups excluding tert-OH is 1. The zero-order valence-electron chi connectivity index (χ0n) is 7.30. The van der Waals surface area contributed by atoms with E-state index in [1.807, 2.05) is 13.8 Å². The van der Waals surface area contributed by atoms with Gasteiger partial charge in [0.25, 0.3) is 0 Å². The third-order valence-electron chi connectivity index (χ3n) is 0.929. The van der Waals surface area contributed by atoms with E-state index in [2.05, 4.69) is 19.7 Å². The van der Waals surface area contributed by atoms with Crippen LogP contribution in [-0.2, 0) is 0 Å². The first-order valence-corrected chi connectivity index (χ1v) is 3.56. The zero-order chi connectivity index (χ0) is 9.28. The highest BCUT2D eigenvalue weighted by atomic mass is 16.3. The first-order valence-electron chi connectivity index (χ1n) is 3.56. The van der Waals surface area contributed by atoms with Crippen LogP contribution in [0.3, 0.4) is 0 Å². The summed E-state index contributed by atoms with van der Waals surface area (Å²) in [6.07, 6.45) is 4.38. The molecular formula is C10H16O. The van der Waals surface area contributed by atoms with E-state index in [0.717, 1.165) is 0 Å². The fourth-order valence-corrected chi connectivity index (χ4v) is 0.410. The summed E-state index contributed by atoms with van der Waals surface area (Å²) in [6, 6.07) is 0. The molecule has 1 heteroatoms. The largest absolute Gasteiger partial charge is 0.507 e. The molecule has 0 bridgehead atoms. The van der Waals surface area contributed by atoms with Crippen LogP contribution in [0.5, 0.6) is 0 Å². The number of hydrogen-bond acceptors (Lipinski definition) is 1. The lowest BCUT2D eigenvalue weighted by Crippen LogP contribution is -1.78. The Kier molecular flexibility index (Phi) is 9.90. The van der Waals surface area contributed by atoms with Crippen LogP contribution in [0.1, 0.15) is 13.8 Å². The van der Waals surface area contributed by atoms with E-state index in [9.17, 15) is 0 Å².